The molecular formula is C14H15ClN4O3. The summed E-state index contributed by atoms with van der Waals surface area (Å²) in [6.45, 7) is 2.70. The number of halogens is 1. The second-order valence-electron chi connectivity index (χ2n) is 4.96. The highest BCUT2D eigenvalue weighted by atomic mass is 35.5. The van der Waals surface area contributed by atoms with Gasteiger partial charge in [0.2, 0.25) is 17.7 Å². The molecule has 7 nitrogen and oxygen atoms in total. The van der Waals surface area contributed by atoms with Crippen LogP contribution < -0.4 is 10.1 Å². The monoisotopic (exact) mass is 322 g/mol. The first-order valence-corrected chi connectivity index (χ1v) is 7.36. The van der Waals surface area contributed by atoms with Crippen molar-refractivity contribution in [1.29, 1.82) is 0 Å². The Kier molecular flexibility index (Phi) is 4.35. The van der Waals surface area contributed by atoms with Crippen LogP contribution in [0.3, 0.4) is 0 Å². The summed E-state index contributed by atoms with van der Waals surface area (Å²) in [6, 6.07) is 3.35. The van der Waals surface area contributed by atoms with Gasteiger partial charge in [-0.05, 0) is 12.1 Å². The molecule has 1 N–H and O–H groups in total. The zero-order valence-electron chi connectivity index (χ0n) is 12.0. The van der Waals surface area contributed by atoms with Gasteiger partial charge in [0, 0.05) is 19.8 Å². The fourth-order valence-electron chi connectivity index (χ4n) is 2.21. The van der Waals surface area contributed by atoms with Crippen LogP contribution in [-0.4, -0.2) is 40.2 Å². The first kappa shape index (κ1) is 14.9. The molecule has 0 radical (unpaired) electrons. The molecule has 0 spiro atoms. The van der Waals surface area contributed by atoms with Crippen LogP contribution in [0.4, 0.5) is 5.95 Å². The van der Waals surface area contributed by atoms with Gasteiger partial charge in [0.05, 0.1) is 18.7 Å². The number of hydrogen-bond donors (Lipinski definition) is 1. The van der Waals surface area contributed by atoms with Gasteiger partial charge in [-0.2, -0.15) is 4.98 Å². The summed E-state index contributed by atoms with van der Waals surface area (Å²) in [5.41, 5.74) is 1.04. The smallest absolute Gasteiger partial charge is 0.245 e. The Bertz CT molecular complexity index is 704. The van der Waals surface area contributed by atoms with Crippen LogP contribution in [0.5, 0.6) is 5.88 Å². The number of pyridine rings is 1. The molecule has 2 aromatic heterocycles. The molecule has 116 valence electrons. The third-order valence-electron chi connectivity index (χ3n) is 3.21. The number of ether oxygens (including phenoxy) is 2. The molecule has 0 aromatic carbocycles. The van der Waals surface area contributed by atoms with Gasteiger partial charge in [-0.25, -0.2) is 9.97 Å². The highest BCUT2D eigenvalue weighted by Crippen LogP contribution is 2.26. The zero-order chi connectivity index (χ0) is 15.5. The van der Waals surface area contributed by atoms with Crippen molar-refractivity contribution >= 4 is 34.5 Å². The second kappa shape index (κ2) is 6.41. The van der Waals surface area contributed by atoms with Crippen LogP contribution in [0.1, 0.15) is 19.8 Å². The number of hydrogen-bond acceptors (Lipinski definition) is 6. The van der Waals surface area contributed by atoms with Gasteiger partial charge in [-0.1, -0.05) is 11.6 Å². The van der Waals surface area contributed by atoms with Crippen molar-refractivity contribution in [1.82, 2.24) is 15.0 Å². The normalized spacial score (nSPS) is 15.7. The number of nitrogens with zero attached hydrogens (tertiary/aromatic N) is 3. The zero-order valence-corrected chi connectivity index (χ0v) is 12.8. The minimum Gasteiger partial charge on any atom is -0.473 e. The van der Waals surface area contributed by atoms with Crippen molar-refractivity contribution in [3.8, 4) is 5.88 Å². The summed E-state index contributed by atoms with van der Waals surface area (Å²) >= 11 is 5.95. The van der Waals surface area contributed by atoms with Crippen LogP contribution in [0.15, 0.2) is 12.1 Å². The molecule has 1 amide bonds. The van der Waals surface area contributed by atoms with Crippen LogP contribution in [-0.2, 0) is 9.53 Å². The molecule has 1 aliphatic heterocycles. The lowest BCUT2D eigenvalue weighted by Gasteiger charge is -2.23. The number of amides is 1. The number of anilines is 1. The molecule has 0 saturated carbocycles. The van der Waals surface area contributed by atoms with E-state index in [1.807, 2.05) is 0 Å². The van der Waals surface area contributed by atoms with E-state index in [4.69, 9.17) is 21.1 Å². The van der Waals surface area contributed by atoms with E-state index >= 15 is 0 Å². The maximum atomic E-state index is 11.2. The lowest BCUT2D eigenvalue weighted by atomic mass is 10.1. The van der Waals surface area contributed by atoms with Gasteiger partial charge < -0.3 is 9.47 Å². The Labute approximate surface area is 132 Å². The van der Waals surface area contributed by atoms with Gasteiger partial charge in [0.25, 0.3) is 0 Å². The van der Waals surface area contributed by atoms with Gasteiger partial charge in [0.15, 0.2) is 5.52 Å². The Hall–Kier alpha value is -1.99. The van der Waals surface area contributed by atoms with Gasteiger partial charge in [-0.15, -0.1) is 0 Å². The molecule has 8 heteroatoms. The molecule has 0 aliphatic carbocycles. The summed E-state index contributed by atoms with van der Waals surface area (Å²) in [5.74, 6) is 0.257. The van der Waals surface area contributed by atoms with E-state index < -0.39 is 0 Å². The standard InChI is InChI=1S/C14H15ClN4O3/c1-8(20)16-14-17-10-2-3-11(15)18-12(10)13(19-14)22-9-4-6-21-7-5-9/h2-3,9H,4-7H2,1H3,(H,16,17,19,20). The van der Waals surface area contributed by atoms with Gasteiger partial charge >= 0.3 is 0 Å². The lowest BCUT2D eigenvalue weighted by Crippen LogP contribution is -2.26. The van der Waals surface area contributed by atoms with E-state index in [-0.39, 0.29) is 18.0 Å². The summed E-state index contributed by atoms with van der Waals surface area (Å²) in [4.78, 5) is 23.9. The summed E-state index contributed by atoms with van der Waals surface area (Å²) < 4.78 is 11.3. The Balaban J connectivity index is 1.99. The van der Waals surface area contributed by atoms with E-state index in [9.17, 15) is 4.79 Å². The van der Waals surface area contributed by atoms with Crippen LogP contribution in [0.25, 0.3) is 11.0 Å². The number of rotatable bonds is 3. The molecule has 3 heterocycles. The number of fused-ring (bicyclic) bond motifs is 1. The summed E-state index contributed by atoms with van der Waals surface area (Å²) in [6.07, 6.45) is 1.56. The van der Waals surface area contributed by atoms with Crippen molar-refractivity contribution in [2.75, 3.05) is 18.5 Å². The van der Waals surface area contributed by atoms with E-state index in [2.05, 4.69) is 20.3 Å². The number of carbonyl (C=O) groups is 1. The molecule has 1 saturated heterocycles. The molecule has 0 bridgehead atoms. The maximum absolute atomic E-state index is 11.2. The molecule has 22 heavy (non-hydrogen) atoms. The maximum Gasteiger partial charge on any atom is 0.245 e. The lowest BCUT2D eigenvalue weighted by molar-refractivity contribution is -0.114. The largest absolute Gasteiger partial charge is 0.473 e. The molecular weight excluding hydrogens is 308 g/mol. The SMILES string of the molecule is CC(=O)Nc1nc(OC2CCOCC2)c2nc(Cl)ccc2n1. The third-order valence-corrected chi connectivity index (χ3v) is 3.42. The predicted molar refractivity (Wildman–Crippen MR) is 81.1 cm³/mol. The fraction of sp³-hybridized carbons (Fsp3) is 0.429. The number of carbonyl (C=O) groups excluding carboxylic acids is 1. The molecule has 2 aromatic rings. The molecule has 1 fully saturated rings. The predicted octanol–water partition coefficient (Wildman–Crippen LogP) is 2.19. The van der Waals surface area contributed by atoms with Gasteiger partial charge in [-0.3, -0.25) is 10.1 Å². The van der Waals surface area contributed by atoms with Crippen LogP contribution in [0, 0.1) is 0 Å². The highest BCUT2D eigenvalue weighted by molar-refractivity contribution is 6.29. The van der Waals surface area contributed by atoms with E-state index in [0.717, 1.165) is 12.8 Å². The third kappa shape index (κ3) is 3.42. The first-order chi connectivity index (χ1) is 10.6. The Morgan fingerprint density at radius 2 is 2.09 bits per heavy atom. The van der Waals surface area contributed by atoms with Crippen molar-refractivity contribution < 1.29 is 14.3 Å². The number of aromatic nitrogens is 3. The minimum absolute atomic E-state index is 0.00203. The second-order valence-corrected chi connectivity index (χ2v) is 5.35. The van der Waals surface area contributed by atoms with Crippen molar-refractivity contribution in [2.45, 2.75) is 25.9 Å². The first-order valence-electron chi connectivity index (χ1n) is 6.98. The molecule has 3 rings (SSSR count). The van der Waals surface area contributed by atoms with Crippen LogP contribution >= 0.6 is 11.6 Å². The van der Waals surface area contributed by atoms with Gasteiger partial charge in [0.1, 0.15) is 11.3 Å². The highest BCUT2D eigenvalue weighted by Gasteiger charge is 2.19. The Morgan fingerprint density at radius 1 is 1.32 bits per heavy atom. The van der Waals surface area contributed by atoms with Crippen LogP contribution in [0.2, 0.25) is 5.15 Å². The summed E-state index contributed by atoms with van der Waals surface area (Å²) in [7, 11) is 0. The molecule has 1 aliphatic rings. The van der Waals surface area contributed by atoms with Crippen molar-refractivity contribution in [3.63, 3.8) is 0 Å². The molecule has 0 unspecified atom stereocenters. The van der Waals surface area contributed by atoms with E-state index in [1.54, 1.807) is 12.1 Å². The molecule has 0 atom stereocenters. The summed E-state index contributed by atoms with van der Waals surface area (Å²) in [5, 5.41) is 2.90. The Morgan fingerprint density at radius 3 is 2.82 bits per heavy atom. The number of nitrogens with one attached hydrogen (secondary N) is 1. The average molecular weight is 323 g/mol. The fourth-order valence-corrected chi connectivity index (χ4v) is 2.36. The minimum atomic E-state index is -0.252. The van der Waals surface area contributed by atoms with E-state index in [1.165, 1.54) is 6.92 Å². The quantitative estimate of drug-likeness (QED) is 0.872. The average Bonchev–Trinajstić information content (AvgIpc) is 2.48. The topological polar surface area (TPSA) is 86.2 Å². The van der Waals surface area contributed by atoms with Crippen molar-refractivity contribution in [2.24, 2.45) is 0 Å². The van der Waals surface area contributed by atoms with E-state index in [0.29, 0.717) is 35.3 Å². The van der Waals surface area contributed by atoms with Crippen molar-refractivity contribution in [3.05, 3.63) is 17.3 Å².